The molecule has 0 bridgehead atoms. The number of carbonyl (C=O) groups is 1. The average Bonchev–Trinajstić information content (AvgIpc) is 2.48. The Balaban J connectivity index is 2.62. The monoisotopic (exact) mass is 289 g/mol. The fourth-order valence-corrected chi connectivity index (χ4v) is 2.40. The van der Waals surface area contributed by atoms with Crippen LogP contribution in [-0.4, -0.2) is 12.6 Å². The van der Waals surface area contributed by atoms with Gasteiger partial charge in [-0.15, -0.1) is 0 Å². The molecule has 4 heteroatoms. The molecule has 0 aliphatic carbocycles. The van der Waals surface area contributed by atoms with Crippen LogP contribution in [0.2, 0.25) is 5.02 Å². The Morgan fingerprint density at radius 3 is 2.35 bits per heavy atom. The van der Waals surface area contributed by atoms with Gasteiger partial charge in [0.15, 0.2) is 5.54 Å². The third-order valence-corrected chi connectivity index (χ3v) is 3.45. The van der Waals surface area contributed by atoms with Crippen LogP contribution in [0.5, 0.6) is 0 Å². The van der Waals surface area contributed by atoms with Gasteiger partial charge >= 0.3 is 5.97 Å². The maximum Gasteiger partial charge on any atom is 0.335 e. The van der Waals surface area contributed by atoms with Gasteiger partial charge in [0.25, 0.3) is 0 Å². The lowest BCUT2D eigenvalue weighted by Gasteiger charge is -2.29. The van der Waals surface area contributed by atoms with Gasteiger partial charge in [-0.1, -0.05) is 60.1 Å². The fraction of sp³-hybridized carbons (Fsp3) is 0.188. The Hall–Kier alpha value is -1.84. The first-order valence-electron chi connectivity index (χ1n) is 6.37. The van der Waals surface area contributed by atoms with E-state index in [1.54, 1.807) is 43.3 Å². The molecule has 0 spiro atoms. The third kappa shape index (κ3) is 2.55. The summed E-state index contributed by atoms with van der Waals surface area (Å²) in [5.74, 6) is -0.515. The Morgan fingerprint density at radius 2 is 1.75 bits per heavy atom. The van der Waals surface area contributed by atoms with Crippen LogP contribution in [0.4, 0.5) is 0 Å². The topological polar surface area (TPSA) is 52.3 Å². The van der Waals surface area contributed by atoms with Gasteiger partial charge in [-0.2, -0.15) is 0 Å². The quantitative estimate of drug-likeness (QED) is 0.880. The smallest absolute Gasteiger partial charge is 0.335 e. The van der Waals surface area contributed by atoms with E-state index in [1.165, 1.54) is 0 Å². The summed E-state index contributed by atoms with van der Waals surface area (Å²) in [6.07, 6.45) is 0. The van der Waals surface area contributed by atoms with Gasteiger partial charge in [0, 0.05) is 10.6 Å². The van der Waals surface area contributed by atoms with Crippen molar-refractivity contribution in [2.75, 3.05) is 6.61 Å². The summed E-state index contributed by atoms with van der Waals surface area (Å²) in [5, 5.41) is 0.437. The lowest BCUT2D eigenvalue weighted by molar-refractivity contribution is -0.148. The molecular weight excluding hydrogens is 274 g/mol. The molecule has 0 amide bonds. The summed E-state index contributed by atoms with van der Waals surface area (Å²) in [7, 11) is 0. The van der Waals surface area contributed by atoms with E-state index in [9.17, 15) is 4.79 Å². The number of hydrogen-bond donors (Lipinski definition) is 1. The zero-order valence-electron chi connectivity index (χ0n) is 11.2. The number of nitrogens with two attached hydrogens (primary N) is 1. The Kier molecular flexibility index (Phi) is 4.42. The van der Waals surface area contributed by atoms with E-state index in [4.69, 9.17) is 22.1 Å². The van der Waals surface area contributed by atoms with Gasteiger partial charge < -0.3 is 10.5 Å². The fourth-order valence-electron chi connectivity index (χ4n) is 2.11. The molecule has 0 aliphatic rings. The lowest BCUT2D eigenvalue weighted by Crippen LogP contribution is -2.47. The molecule has 0 aliphatic heterocycles. The number of carbonyl (C=O) groups excluding carboxylic acids is 1. The van der Waals surface area contributed by atoms with Crippen molar-refractivity contribution < 1.29 is 9.53 Å². The zero-order valence-corrected chi connectivity index (χ0v) is 11.9. The van der Waals surface area contributed by atoms with Gasteiger partial charge in [-0.3, -0.25) is 0 Å². The molecule has 104 valence electrons. The molecule has 2 N–H and O–H groups in total. The van der Waals surface area contributed by atoms with Crippen LogP contribution in [0.25, 0.3) is 0 Å². The first-order chi connectivity index (χ1) is 9.60. The molecule has 0 radical (unpaired) electrons. The minimum Gasteiger partial charge on any atom is -0.464 e. The average molecular weight is 290 g/mol. The van der Waals surface area contributed by atoms with Crippen LogP contribution in [-0.2, 0) is 15.1 Å². The molecule has 20 heavy (non-hydrogen) atoms. The Bertz CT molecular complexity index is 600. The molecule has 0 fully saturated rings. The van der Waals surface area contributed by atoms with Crippen molar-refractivity contribution >= 4 is 17.6 Å². The lowest BCUT2D eigenvalue weighted by atomic mass is 9.83. The van der Waals surface area contributed by atoms with Crippen molar-refractivity contribution in [1.82, 2.24) is 0 Å². The Morgan fingerprint density at radius 1 is 1.15 bits per heavy atom. The molecule has 0 heterocycles. The van der Waals surface area contributed by atoms with E-state index >= 15 is 0 Å². The molecule has 1 atom stereocenters. The molecule has 2 aromatic rings. The molecule has 2 rings (SSSR count). The van der Waals surface area contributed by atoms with Crippen LogP contribution < -0.4 is 5.73 Å². The molecular formula is C16H16ClNO2. The number of hydrogen-bond acceptors (Lipinski definition) is 3. The highest BCUT2D eigenvalue weighted by Crippen LogP contribution is 2.33. The largest absolute Gasteiger partial charge is 0.464 e. The second kappa shape index (κ2) is 6.07. The highest BCUT2D eigenvalue weighted by molar-refractivity contribution is 6.31. The number of ether oxygens (including phenoxy) is 1. The van der Waals surface area contributed by atoms with E-state index < -0.39 is 11.5 Å². The van der Waals surface area contributed by atoms with Gasteiger partial charge in [0.1, 0.15) is 0 Å². The van der Waals surface area contributed by atoms with Crippen LogP contribution in [0.15, 0.2) is 54.6 Å². The molecule has 0 saturated carbocycles. The van der Waals surface area contributed by atoms with Gasteiger partial charge in [0.05, 0.1) is 6.61 Å². The normalized spacial score (nSPS) is 13.6. The highest BCUT2D eigenvalue weighted by atomic mass is 35.5. The molecule has 1 unspecified atom stereocenters. The molecule has 0 aromatic heterocycles. The van der Waals surface area contributed by atoms with Crippen molar-refractivity contribution in [3.63, 3.8) is 0 Å². The van der Waals surface area contributed by atoms with Gasteiger partial charge in [-0.25, -0.2) is 4.79 Å². The Labute approximate surface area is 123 Å². The van der Waals surface area contributed by atoms with Crippen molar-refractivity contribution in [3.8, 4) is 0 Å². The second-order valence-electron chi connectivity index (χ2n) is 4.37. The minimum atomic E-state index is -1.41. The predicted molar refractivity (Wildman–Crippen MR) is 79.5 cm³/mol. The summed E-state index contributed by atoms with van der Waals surface area (Å²) in [5.41, 5.74) is 6.18. The first-order valence-corrected chi connectivity index (χ1v) is 6.75. The zero-order chi connectivity index (χ0) is 14.6. The van der Waals surface area contributed by atoms with Crippen molar-refractivity contribution in [3.05, 3.63) is 70.7 Å². The summed E-state index contributed by atoms with van der Waals surface area (Å²) in [6, 6.07) is 16.1. The maximum atomic E-state index is 12.4. The van der Waals surface area contributed by atoms with Crippen LogP contribution in [0.3, 0.4) is 0 Å². The van der Waals surface area contributed by atoms with E-state index in [0.717, 1.165) is 0 Å². The summed E-state index contributed by atoms with van der Waals surface area (Å²) in [6.45, 7) is 2.00. The van der Waals surface area contributed by atoms with E-state index in [0.29, 0.717) is 16.1 Å². The van der Waals surface area contributed by atoms with Crippen LogP contribution in [0.1, 0.15) is 18.1 Å². The third-order valence-electron chi connectivity index (χ3n) is 3.13. The summed E-state index contributed by atoms with van der Waals surface area (Å²) >= 11 is 6.21. The highest BCUT2D eigenvalue weighted by Gasteiger charge is 2.40. The van der Waals surface area contributed by atoms with Crippen molar-refractivity contribution in [2.24, 2.45) is 5.73 Å². The van der Waals surface area contributed by atoms with Crippen molar-refractivity contribution in [1.29, 1.82) is 0 Å². The van der Waals surface area contributed by atoms with Crippen LogP contribution in [0, 0.1) is 0 Å². The van der Waals surface area contributed by atoms with Gasteiger partial charge in [0.2, 0.25) is 0 Å². The second-order valence-corrected chi connectivity index (χ2v) is 4.78. The summed E-state index contributed by atoms with van der Waals surface area (Å²) < 4.78 is 5.15. The molecule has 2 aromatic carbocycles. The van der Waals surface area contributed by atoms with E-state index in [-0.39, 0.29) is 6.61 Å². The standard InChI is InChI=1S/C16H16ClNO2/c1-2-20-15(19)16(18,12-8-4-3-5-9-12)13-10-6-7-11-14(13)17/h3-11H,2,18H2,1H3. The molecule has 3 nitrogen and oxygen atoms in total. The van der Waals surface area contributed by atoms with E-state index in [1.807, 2.05) is 18.2 Å². The number of benzene rings is 2. The maximum absolute atomic E-state index is 12.4. The SMILES string of the molecule is CCOC(=O)C(N)(c1ccccc1)c1ccccc1Cl. The van der Waals surface area contributed by atoms with Gasteiger partial charge in [-0.05, 0) is 18.6 Å². The molecule has 0 saturated heterocycles. The number of halogens is 1. The minimum absolute atomic E-state index is 0.259. The predicted octanol–water partition coefficient (Wildman–Crippen LogP) is 3.11. The van der Waals surface area contributed by atoms with Crippen LogP contribution >= 0.6 is 11.6 Å². The summed E-state index contributed by atoms with van der Waals surface area (Å²) in [4.78, 5) is 12.4. The number of rotatable bonds is 4. The van der Waals surface area contributed by atoms with E-state index in [2.05, 4.69) is 0 Å². The van der Waals surface area contributed by atoms with Crippen molar-refractivity contribution in [2.45, 2.75) is 12.5 Å². The first kappa shape index (κ1) is 14.6. The number of esters is 1.